The van der Waals surface area contributed by atoms with Crippen LogP contribution in [0.5, 0.6) is 0 Å². The van der Waals surface area contributed by atoms with Crippen molar-refractivity contribution in [2.45, 2.75) is 52.6 Å². The SMILES string of the molecule is CC(C)Cc1cc(C(=O)NCc2nnc3n2CCCC3)nc(N)n1. The van der Waals surface area contributed by atoms with Crippen LogP contribution in [0.1, 0.15) is 54.5 Å². The summed E-state index contributed by atoms with van der Waals surface area (Å²) in [5.74, 6) is 2.05. The summed E-state index contributed by atoms with van der Waals surface area (Å²) in [5.41, 5.74) is 6.79. The molecule has 0 spiro atoms. The van der Waals surface area contributed by atoms with Gasteiger partial charge in [0, 0.05) is 18.7 Å². The van der Waals surface area contributed by atoms with Gasteiger partial charge in [-0.2, -0.15) is 0 Å². The number of carbonyl (C=O) groups excluding carboxylic acids is 1. The van der Waals surface area contributed by atoms with Crippen LogP contribution < -0.4 is 11.1 Å². The van der Waals surface area contributed by atoms with Gasteiger partial charge >= 0.3 is 0 Å². The zero-order valence-corrected chi connectivity index (χ0v) is 14.1. The molecule has 0 bridgehead atoms. The van der Waals surface area contributed by atoms with Crippen molar-refractivity contribution in [2.75, 3.05) is 5.73 Å². The Morgan fingerprint density at radius 1 is 1.33 bits per heavy atom. The molecule has 0 atom stereocenters. The number of rotatable bonds is 5. The number of carbonyl (C=O) groups is 1. The molecule has 1 amide bonds. The first-order valence-electron chi connectivity index (χ1n) is 8.35. The minimum absolute atomic E-state index is 0.123. The van der Waals surface area contributed by atoms with Gasteiger partial charge in [-0.25, -0.2) is 9.97 Å². The molecule has 3 heterocycles. The van der Waals surface area contributed by atoms with E-state index in [1.54, 1.807) is 6.07 Å². The van der Waals surface area contributed by atoms with Crippen molar-refractivity contribution in [3.8, 4) is 0 Å². The zero-order valence-electron chi connectivity index (χ0n) is 14.1. The number of nitrogen functional groups attached to an aromatic ring is 1. The predicted octanol–water partition coefficient (Wildman–Crippen LogP) is 1.12. The quantitative estimate of drug-likeness (QED) is 0.850. The fraction of sp³-hybridized carbons (Fsp3) is 0.562. The van der Waals surface area contributed by atoms with Crippen LogP contribution in [0.4, 0.5) is 5.95 Å². The number of amides is 1. The Morgan fingerprint density at radius 3 is 2.96 bits per heavy atom. The molecule has 24 heavy (non-hydrogen) atoms. The van der Waals surface area contributed by atoms with Crippen LogP contribution in [0.2, 0.25) is 0 Å². The van der Waals surface area contributed by atoms with Crippen LogP contribution in [-0.4, -0.2) is 30.6 Å². The molecule has 0 unspecified atom stereocenters. The van der Waals surface area contributed by atoms with Gasteiger partial charge in [0.2, 0.25) is 5.95 Å². The first-order chi connectivity index (χ1) is 11.5. The number of hydrogen-bond donors (Lipinski definition) is 2. The van der Waals surface area contributed by atoms with Crippen molar-refractivity contribution in [3.05, 3.63) is 29.1 Å². The van der Waals surface area contributed by atoms with Crippen LogP contribution in [0.25, 0.3) is 0 Å². The van der Waals surface area contributed by atoms with Crippen molar-refractivity contribution in [3.63, 3.8) is 0 Å². The molecule has 0 aliphatic carbocycles. The summed E-state index contributed by atoms with van der Waals surface area (Å²) in [5, 5.41) is 11.2. The number of fused-ring (bicyclic) bond motifs is 1. The summed E-state index contributed by atoms with van der Waals surface area (Å²) >= 11 is 0. The smallest absolute Gasteiger partial charge is 0.270 e. The summed E-state index contributed by atoms with van der Waals surface area (Å²) in [7, 11) is 0. The van der Waals surface area contributed by atoms with Gasteiger partial charge in [-0.3, -0.25) is 4.79 Å². The lowest BCUT2D eigenvalue weighted by Gasteiger charge is -2.14. The molecule has 1 aliphatic rings. The Labute approximate surface area is 140 Å². The van der Waals surface area contributed by atoms with Crippen LogP contribution in [-0.2, 0) is 25.9 Å². The van der Waals surface area contributed by atoms with Gasteiger partial charge in [0.15, 0.2) is 5.82 Å². The molecular formula is C16H23N7O. The normalized spacial score (nSPS) is 13.8. The first kappa shape index (κ1) is 16.4. The van der Waals surface area contributed by atoms with Gasteiger partial charge in [0.05, 0.1) is 6.54 Å². The lowest BCUT2D eigenvalue weighted by molar-refractivity contribution is 0.0944. The number of aromatic nitrogens is 5. The third-order valence-electron chi connectivity index (χ3n) is 3.99. The van der Waals surface area contributed by atoms with Crippen LogP contribution in [0.3, 0.4) is 0 Å². The number of anilines is 1. The number of aryl methyl sites for hydroxylation is 1. The molecule has 0 radical (unpaired) electrons. The molecule has 3 rings (SSSR count). The Balaban J connectivity index is 1.69. The lowest BCUT2D eigenvalue weighted by Crippen LogP contribution is -2.27. The second-order valence-corrected chi connectivity index (χ2v) is 6.52. The highest BCUT2D eigenvalue weighted by molar-refractivity contribution is 5.92. The van der Waals surface area contributed by atoms with E-state index in [0.29, 0.717) is 12.5 Å². The van der Waals surface area contributed by atoms with Crippen molar-refractivity contribution < 1.29 is 4.79 Å². The Kier molecular flexibility index (Phi) is 4.73. The second kappa shape index (κ2) is 6.94. The maximum atomic E-state index is 12.4. The second-order valence-electron chi connectivity index (χ2n) is 6.52. The highest BCUT2D eigenvalue weighted by atomic mass is 16.1. The minimum Gasteiger partial charge on any atom is -0.368 e. The molecule has 128 valence electrons. The van der Waals surface area contributed by atoms with Gasteiger partial charge in [-0.15, -0.1) is 10.2 Å². The molecule has 0 fully saturated rings. The number of nitrogens with one attached hydrogen (secondary N) is 1. The van der Waals surface area contributed by atoms with E-state index >= 15 is 0 Å². The number of nitrogens with two attached hydrogens (primary N) is 1. The summed E-state index contributed by atoms with van der Waals surface area (Å²) in [6.45, 7) is 5.42. The molecule has 2 aromatic heterocycles. The zero-order chi connectivity index (χ0) is 17.1. The van der Waals surface area contributed by atoms with Crippen molar-refractivity contribution in [2.24, 2.45) is 5.92 Å². The highest BCUT2D eigenvalue weighted by Gasteiger charge is 2.17. The maximum Gasteiger partial charge on any atom is 0.270 e. The van der Waals surface area contributed by atoms with Crippen LogP contribution in [0, 0.1) is 5.92 Å². The van der Waals surface area contributed by atoms with Gasteiger partial charge in [0.1, 0.15) is 11.5 Å². The topological polar surface area (TPSA) is 112 Å². The largest absolute Gasteiger partial charge is 0.368 e. The van der Waals surface area contributed by atoms with Crippen LogP contribution >= 0.6 is 0 Å². The highest BCUT2D eigenvalue weighted by Crippen LogP contribution is 2.14. The molecule has 2 aromatic rings. The summed E-state index contributed by atoms with van der Waals surface area (Å²) in [6.07, 6.45) is 3.96. The molecule has 0 saturated heterocycles. The average molecular weight is 329 g/mol. The predicted molar refractivity (Wildman–Crippen MR) is 89.1 cm³/mol. The number of nitrogens with zero attached hydrogens (tertiary/aromatic N) is 5. The van der Waals surface area contributed by atoms with E-state index in [-0.39, 0.29) is 17.5 Å². The van der Waals surface area contributed by atoms with Crippen molar-refractivity contribution in [1.82, 2.24) is 30.0 Å². The van der Waals surface area contributed by atoms with Gasteiger partial charge in [0.25, 0.3) is 5.91 Å². The first-order valence-corrected chi connectivity index (χ1v) is 8.35. The third-order valence-corrected chi connectivity index (χ3v) is 3.99. The molecule has 8 heteroatoms. The molecule has 3 N–H and O–H groups in total. The van der Waals surface area contributed by atoms with Gasteiger partial charge in [-0.1, -0.05) is 13.8 Å². The monoisotopic (exact) mass is 329 g/mol. The van der Waals surface area contributed by atoms with Crippen molar-refractivity contribution in [1.29, 1.82) is 0 Å². The Morgan fingerprint density at radius 2 is 2.17 bits per heavy atom. The summed E-state index contributed by atoms with van der Waals surface area (Å²) in [6, 6.07) is 1.70. The van der Waals surface area contributed by atoms with E-state index in [9.17, 15) is 4.79 Å². The van der Waals surface area contributed by atoms with E-state index in [4.69, 9.17) is 5.73 Å². The molecular weight excluding hydrogens is 306 g/mol. The number of hydrogen-bond acceptors (Lipinski definition) is 6. The fourth-order valence-corrected chi connectivity index (χ4v) is 2.91. The fourth-order valence-electron chi connectivity index (χ4n) is 2.91. The summed E-state index contributed by atoms with van der Waals surface area (Å²) in [4.78, 5) is 20.6. The average Bonchev–Trinajstić information content (AvgIpc) is 2.94. The molecule has 0 aromatic carbocycles. The van der Waals surface area contributed by atoms with Gasteiger partial charge < -0.3 is 15.6 Å². The van der Waals surface area contributed by atoms with E-state index in [1.807, 2.05) is 0 Å². The van der Waals surface area contributed by atoms with Crippen LogP contribution in [0.15, 0.2) is 6.07 Å². The standard InChI is InChI=1S/C16H23N7O/c1-10(2)7-11-8-12(20-16(17)19-11)15(24)18-9-14-22-21-13-5-3-4-6-23(13)14/h8,10H,3-7,9H2,1-2H3,(H,18,24)(H2,17,19,20). The molecule has 8 nitrogen and oxygen atoms in total. The van der Waals surface area contributed by atoms with E-state index in [1.165, 1.54) is 0 Å². The molecule has 1 aliphatic heterocycles. The molecule has 0 saturated carbocycles. The Bertz CT molecular complexity index is 738. The lowest BCUT2D eigenvalue weighted by atomic mass is 10.1. The maximum absolute atomic E-state index is 12.4. The van der Waals surface area contributed by atoms with E-state index in [0.717, 1.165) is 49.6 Å². The van der Waals surface area contributed by atoms with E-state index < -0.39 is 0 Å². The van der Waals surface area contributed by atoms with E-state index in [2.05, 4.69) is 43.9 Å². The third kappa shape index (κ3) is 3.69. The Hall–Kier alpha value is -2.51. The summed E-state index contributed by atoms with van der Waals surface area (Å²) < 4.78 is 2.09. The van der Waals surface area contributed by atoms with Crippen molar-refractivity contribution >= 4 is 11.9 Å². The minimum atomic E-state index is -0.276. The van der Waals surface area contributed by atoms with Gasteiger partial charge in [-0.05, 0) is 31.2 Å².